The number of halogens is 1. The highest BCUT2D eigenvalue weighted by Gasteiger charge is 2.50. The number of nitrogens with zero attached hydrogens (tertiary/aromatic N) is 4. The zero-order valence-electron chi connectivity index (χ0n) is 15.5. The standard InChI is InChI=1S/C18H25ClN6O/c1-17(2)6-11-7-18(3,8-17)9-25(11)12(26)4-5-20-14-13-15(22-10-21-13)24-16(19)23-14/h10-11H,4-9H2,1-3H3,(H2,20,21,22,23,24)/t11-,18-/m0/s1. The van der Waals surface area contributed by atoms with E-state index in [0.717, 1.165) is 19.4 Å². The van der Waals surface area contributed by atoms with Crippen molar-refractivity contribution in [3.63, 3.8) is 0 Å². The van der Waals surface area contributed by atoms with Crippen molar-refractivity contribution in [2.45, 2.75) is 52.5 Å². The van der Waals surface area contributed by atoms with Crippen molar-refractivity contribution in [3.05, 3.63) is 11.6 Å². The number of amides is 1. The molecule has 2 N–H and O–H groups in total. The van der Waals surface area contributed by atoms with Crippen LogP contribution in [0.15, 0.2) is 6.33 Å². The first-order valence-corrected chi connectivity index (χ1v) is 9.53. The molecule has 2 aromatic heterocycles. The summed E-state index contributed by atoms with van der Waals surface area (Å²) in [5.74, 6) is 0.795. The summed E-state index contributed by atoms with van der Waals surface area (Å²) in [6.07, 6.45) is 5.41. The first-order valence-electron chi connectivity index (χ1n) is 9.15. The topological polar surface area (TPSA) is 86.8 Å². The van der Waals surface area contributed by atoms with Gasteiger partial charge < -0.3 is 15.2 Å². The number of likely N-dealkylation sites (tertiary alicyclic amines) is 1. The minimum atomic E-state index is 0.141. The molecule has 26 heavy (non-hydrogen) atoms. The predicted molar refractivity (Wildman–Crippen MR) is 101 cm³/mol. The Bertz CT molecular complexity index is 849. The first kappa shape index (κ1) is 17.5. The number of aromatic amines is 1. The van der Waals surface area contributed by atoms with Gasteiger partial charge in [-0.05, 0) is 41.7 Å². The van der Waals surface area contributed by atoms with Crippen LogP contribution < -0.4 is 5.32 Å². The van der Waals surface area contributed by atoms with Crippen LogP contribution >= 0.6 is 11.6 Å². The Morgan fingerprint density at radius 2 is 2.19 bits per heavy atom. The molecule has 4 rings (SSSR count). The van der Waals surface area contributed by atoms with E-state index in [-0.39, 0.29) is 16.6 Å². The number of rotatable bonds is 4. The zero-order chi connectivity index (χ0) is 18.5. The van der Waals surface area contributed by atoms with E-state index in [1.807, 2.05) is 0 Å². The minimum Gasteiger partial charge on any atom is -0.368 e. The number of imidazole rings is 1. The Kier molecular flexibility index (Phi) is 4.10. The fourth-order valence-corrected chi connectivity index (χ4v) is 5.28. The van der Waals surface area contributed by atoms with Crippen molar-refractivity contribution in [2.75, 3.05) is 18.4 Å². The average molecular weight is 377 g/mol. The van der Waals surface area contributed by atoms with Crippen LogP contribution in [0.4, 0.5) is 5.82 Å². The minimum absolute atomic E-state index is 0.141. The summed E-state index contributed by atoms with van der Waals surface area (Å²) in [5, 5.41) is 3.34. The molecule has 2 bridgehead atoms. The maximum atomic E-state index is 12.8. The quantitative estimate of drug-likeness (QED) is 0.800. The van der Waals surface area contributed by atoms with Crippen LogP contribution in [0.2, 0.25) is 5.28 Å². The van der Waals surface area contributed by atoms with Crippen molar-refractivity contribution in [3.8, 4) is 0 Å². The molecule has 2 aromatic rings. The molecule has 2 atom stereocenters. The molecule has 2 fully saturated rings. The molecule has 1 aliphatic heterocycles. The fourth-order valence-electron chi connectivity index (χ4n) is 5.12. The monoisotopic (exact) mass is 376 g/mol. The van der Waals surface area contributed by atoms with Gasteiger partial charge >= 0.3 is 0 Å². The van der Waals surface area contributed by atoms with E-state index < -0.39 is 0 Å². The van der Waals surface area contributed by atoms with E-state index in [2.05, 4.69) is 50.9 Å². The first-order chi connectivity index (χ1) is 12.2. The van der Waals surface area contributed by atoms with Gasteiger partial charge in [0.2, 0.25) is 11.2 Å². The third-order valence-electron chi connectivity index (χ3n) is 5.62. The SMILES string of the molecule is CC1(C)C[C@H]2C[C@](C)(CN2C(=O)CCNc2nc(Cl)nc3nc[nH]c23)C1. The van der Waals surface area contributed by atoms with Gasteiger partial charge in [-0.15, -0.1) is 0 Å². The van der Waals surface area contributed by atoms with Gasteiger partial charge in [0, 0.05) is 25.6 Å². The smallest absolute Gasteiger partial charge is 0.226 e. The number of hydrogen-bond donors (Lipinski definition) is 2. The summed E-state index contributed by atoms with van der Waals surface area (Å²) >= 11 is 5.94. The molecule has 8 heteroatoms. The van der Waals surface area contributed by atoms with Crippen molar-refractivity contribution < 1.29 is 4.79 Å². The molecule has 0 radical (unpaired) electrons. The fraction of sp³-hybridized carbons (Fsp3) is 0.667. The highest BCUT2D eigenvalue weighted by atomic mass is 35.5. The summed E-state index contributed by atoms with van der Waals surface area (Å²) < 4.78 is 0. The van der Waals surface area contributed by atoms with Crippen LogP contribution in [0.25, 0.3) is 11.2 Å². The molecule has 0 unspecified atom stereocenters. The lowest BCUT2D eigenvalue weighted by molar-refractivity contribution is -0.132. The number of H-pyrrole nitrogens is 1. The van der Waals surface area contributed by atoms with Crippen LogP contribution in [0.1, 0.15) is 46.5 Å². The molecule has 0 aromatic carbocycles. The van der Waals surface area contributed by atoms with Crippen molar-refractivity contribution >= 4 is 34.5 Å². The van der Waals surface area contributed by atoms with Gasteiger partial charge in [0.15, 0.2) is 11.5 Å². The van der Waals surface area contributed by atoms with E-state index in [0.29, 0.717) is 41.4 Å². The molecular formula is C18H25ClN6O. The third-order valence-corrected chi connectivity index (χ3v) is 5.79. The third kappa shape index (κ3) is 3.24. The van der Waals surface area contributed by atoms with E-state index in [9.17, 15) is 4.79 Å². The number of hydrogen-bond acceptors (Lipinski definition) is 5. The van der Waals surface area contributed by atoms with Crippen LogP contribution in [-0.4, -0.2) is 49.9 Å². The largest absolute Gasteiger partial charge is 0.368 e. The summed E-state index contributed by atoms with van der Waals surface area (Å²) in [7, 11) is 0. The summed E-state index contributed by atoms with van der Waals surface area (Å²) in [4.78, 5) is 30.3. The van der Waals surface area contributed by atoms with E-state index in [1.54, 1.807) is 6.33 Å². The van der Waals surface area contributed by atoms with E-state index in [1.165, 1.54) is 6.42 Å². The Morgan fingerprint density at radius 1 is 1.38 bits per heavy atom. The second kappa shape index (κ2) is 6.08. The number of anilines is 1. The second-order valence-electron chi connectivity index (χ2n) is 8.85. The molecule has 1 saturated heterocycles. The van der Waals surface area contributed by atoms with Gasteiger partial charge in [-0.2, -0.15) is 9.97 Å². The lowest BCUT2D eigenvalue weighted by atomic mass is 9.65. The number of fused-ring (bicyclic) bond motifs is 3. The van der Waals surface area contributed by atoms with Gasteiger partial charge in [-0.1, -0.05) is 20.8 Å². The summed E-state index contributed by atoms with van der Waals surface area (Å²) in [6.45, 7) is 8.35. The number of carbonyl (C=O) groups excluding carboxylic acids is 1. The Hall–Kier alpha value is -1.89. The highest BCUT2D eigenvalue weighted by Crippen LogP contribution is 2.52. The predicted octanol–water partition coefficient (Wildman–Crippen LogP) is 3.24. The highest BCUT2D eigenvalue weighted by molar-refractivity contribution is 6.28. The number of aromatic nitrogens is 4. The van der Waals surface area contributed by atoms with Gasteiger partial charge in [0.05, 0.1) is 6.33 Å². The van der Waals surface area contributed by atoms with Crippen LogP contribution in [0.3, 0.4) is 0 Å². The van der Waals surface area contributed by atoms with Crippen LogP contribution in [0.5, 0.6) is 0 Å². The van der Waals surface area contributed by atoms with Gasteiger partial charge in [0.1, 0.15) is 5.52 Å². The molecule has 1 amide bonds. The molecular weight excluding hydrogens is 352 g/mol. The Labute approximate surface area is 157 Å². The molecule has 1 saturated carbocycles. The Balaban J connectivity index is 1.39. The molecule has 2 aliphatic rings. The number of carbonyl (C=O) groups is 1. The van der Waals surface area contributed by atoms with Crippen molar-refractivity contribution in [2.24, 2.45) is 10.8 Å². The average Bonchev–Trinajstić information content (AvgIpc) is 3.07. The van der Waals surface area contributed by atoms with Crippen LogP contribution in [0, 0.1) is 10.8 Å². The zero-order valence-corrected chi connectivity index (χ0v) is 16.2. The van der Waals surface area contributed by atoms with Gasteiger partial charge in [0.25, 0.3) is 0 Å². The van der Waals surface area contributed by atoms with Gasteiger partial charge in [-0.3, -0.25) is 4.79 Å². The normalized spacial score (nSPS) is 27.1. The lowest BCUT2D eigenvalue weighted by Crippen LogP contribution is -2.38. The van der Waals surface area contributed by atoms with Gasteiger partial charge in [-0.25, -0.2) is 4.98 Å². The summed E-state index contributed by atoms with van der Waals surface area (Å²) in [5.41, 5.74) is 1.79. The van der Waals surface area contributed by atoms with Crippen molar-refractivity contribution in [1.29, 1.82) is 0 Å². The molecule has 7 nitrogen and oxygen atoms in total. The lowest BCUT2D eigenvalue weighted by Gasteiger charge is -2.39. The summed E-state index contributed by atoms with van der Waals surface area (Å²) in [6, 6.07) is 0.379. The second-order valence-corrected chi connectivity index (χ2v) is 9.19. The van der Waals surface area contributed by atoms with Crippen molar-refractivity contribution in [1.82, 2.24) is 24.8 Å². The Morgan fingerprint density at radius 3 is 3.00 bits per heavy atom. The number of nitrogens with one attached hydrogen (secondary N) is 2. The molecule has 1 aliphatic carbocycles. The maximum absolute atomic E-state index is 12.8. The maximum Gasteiger partial charge on any atom is 0.226 e. The van der Waals surface area contributed by atoms with E-state index in [4.69, 9.17) is 11.6 Å². The molecule has 3 heterocycles. The molecule has 140 valence electrons. The van der Waals surface area contributed by atoms with E-state index >= 15 is 0 Å². The molecule has 0 spiro atoms. The van der Waals surface area contributed by atoms with Crippen LogP contribution in [-0.2, 0) is 4.79 Å².